The molecule has 0 aromatic heterocycles. The van der Waals surface area contributed by atoms with Crippen molar-refractivity contribution < 1.29 is 14.3 Å². The van der Waals surface area contributed by atoms with E-state index in [1.807, 2.05) is 0 Å². The SMILES string of the molecule is Cc1cccc(/C=N\NC(=O)c2ccc(F)cc2)c1O. The summed E-state index contributed by atoms with van der Waals surface area (Å²) in [6.45, 7) is 1.77. The number of carbonyl (C=O) groups is 1. The second kappa shape index (κ2) is 5.97. The van der Waals surface area contributed by atoms with Crippen molar-refractivity contribution in [1.82, 2.24) is 5.43 Å². The van der Waals surface area contributed by atoms with Crippen LogP contribution in [-0.2, 0) is 0 Å². The number of phenols is 1. The number of carbonyl (C=O) groups excluding carboxylic acids is 1. The number of para-hydroxylation sites is 1. The van der Waals surface area contributed by atoms with Gasteiger partial charge in [0, 0.05) is 11.1 Å². The second-order valence-corrected chi connectivity index (χ2v) is 4.22. The molecule has 20 heavy (non-hydrogen) atoms. The Bertz CT molecular complexity index is 651. The molecule has 0 unspecified atom stereocenters. The Hall–Kier alpha value is -2.69. The van der Waals surface area contributed by atoms with Crippen molar-refractivity contribution in [2.75, 3.05) is 0 Å². The Balaban J connectivity index is 2.04. The van der Waals surface area contributed by atoms with Crippen LogP contribution < -0.4 is 5.43 Å². The summed E-state index contributed by atoms with van der Waals surface area (Å²) in [7, 11) is 0. The van der Waals surface area contributed by atoms with Crippen molar-refractivity contribution in [2.24, 2.45) is 5.10 Å². The summed E-state index contributed by atoms with van der Waals surface area (Å²) in [6, 6.07) is 10.3. The molecule has 0 spiro atoms. The molecule has 0 aliphatic carbocycles. The molecule has 0 saturated heterocycles. The quantitative estimate of drug-likeness (QED) is 0.666. The van der Waals surface area contributed by atoms with Crippen molar-refractivity contribution in [3.8, 4) is 5.75 Å². The van der Waals surface area contributed by atoms with E-state index in [0.29, 0.717) is 11.1 Å². The molecule has 4 nitrogen and oxygen atoms in total. The Kier molecular flexibility index (Phi) is 4.10. The van der Waals surface area contributed by atoms with E-state index in [0.717, 1.165) is 5.56 Å². The number of amides is 1. The zero-order valence-electron chi connectivity index (χ0n) is 10.8. The molecule has 1 amide bonds. The summed E-state index contributed by atoms with van der Waals surface area (Å²) >= 11 is 0. The van der Waals surface area contributed by atoms with E-state index in [-0.39, 0.29) is 5.75 Å². The molecule has 0 saturated carbocycles. The number of rotatable bonds is 3. The van der Waals surface area contributed by atoms with Gasteiger partial charge < -0.3 is 5.11 Å². The van der Waals surface area contributed by atoms with Crippen molar-refractivity contribution in [1.29, 1.82) is 0 Å². The standard InChI is InChI=1S/C15H13FN2O2/c1-10-3-2-4-12(14(10)19)9-17-18-15(20)11-5-7-13(16)8-6-11/h2-9,19H,1H3,(H,18,20)/b17-9-. The summed E-state index contributed by atoms with van der Waals surface area (Å²) in [6.07, 6.45) is 1.35. The molecule has 2 aromatic rings. The average molecular weight is 272 g/mol. The van der Waals surface area contributed by atoms with E-state index >= 15 is 0 Å². The topological polar surface area (TPSA) is 61.7 Å². The van der Waals surface area contributed by atoms with Gasteiger partial charge >= 0.3 is 0 Å². The minimum Gasteiger partial charge on any atom is -0.507 e. The zero-order chi connectivity index (χ0) is 14.5. The number of hydrogen-bond donors (Lipinski definition) is 2. The minimum absolute atomic E-state index is 0.118. The van der Waals surface area contributed by atoms with Gasteiger partial charge in [0.15, 0.2) is 0 Å². The molecule has 0 atom stereocenters. The van der Waals surface area contributed by atoms with Gasteiger partial charge in [0.05, 0.1) is 6.21 Å². The van der Waals surface area contributed by atoms with Gasteiger partial charge in [-0.1, -0.05) is 12.1 Å². The van der Waals surface area contributed by atoms with E-state index in [9.17, 15) is 14.3 Å². The predicted molar refractivity (Wildman–Crippen MR) is 74.3 cm³/mol. The Labute approximate surface area is 115 Å². The molecular formula is C15H13FN2O2. The zero-order valence-corrected chi connectivity index (χ0v) is 10.8. The molecule has 2 N–H and O–H groups in total. The number of aryl methyl sites for hydroxylation is 1. The van der Waals surface area contributed by atoms with Gasteiger partial charge in [-0.2, -0.15) is 5.10 Å². The molecule has 0 radical (unpaired) electrons. The Morgan fingerprint density at radius 3 is 2.65 bits per heavy atom. The third-order valence-corrected chi connectivity index (χ3v) is 2.75. The highest BCUT2D eigenvalue weighted by atomic mass is 19.1. The fourth-order valence-corrected chi connectivity index (χ4v) is 1.61. The summed E-state index contributed by atoms with van der Waals surface area (Å²) in [5, 5.41) is 13.5. The number of hydrogen-bond acceptors (Lipinski definition) is 3. The average Bonchev–Trinajstić information content (AvgIpc) is 2.44. The lowest BCUT2D eigenvalue weighted by Crippen LogP contribution is -2.17. The van der Waals surface area contributed by atoms with Crippen molar-refractivity contribution >= 4 is 12.1 Å². The van der Waals surface area contributed by atoms with E-state index in [1.165, 1.54) is 30.5 Å². The maximum absolute atomic E-state index is 12.7. The maximum atomic E-state index is 12.7. The first-order valence-corrected chi connectivity index (χ1v) is 5.95. The van der Waals surface area contributed by atoms with Gasteiger partial charge in [0.1, 0.15) is 11.6 Å². The van der Waals surface area contributed by atoms with Crippen LogP contribution in [0.25, 0.3) is 0 Å². The highest BCUT2D eigenvalue weighted by Gasteiger charge is 2.04. The van der Waals surface area contributed by atoms with Crippen LogP contribution in [0.5, 0.6) is 5.75 Å². The van der Waals surface area contributed by atoms with Crippen LogP contribution in [0.4, 0.5) is 4.39 Å². The molecule has 2 aromatic carbocycles. The maximum Gasteiger partial charge on any atom is 0.271 e. The molecule has 0 aliphatic heterocycles. The van der Waals surface area contributed by atoms with E-state index in [4.69, 9.17) is 0 Å². The van der Waals surface area contributed by atoms with Crippen LogP contribution in [0.2, 0.25) is 0 Å². The summed E-state index contributed by atoms with van der Waals surface area (Å²) in [4.78, 5) is 11.7. The van der Waals surface area contributed by atoms with Crippen LogP contribution in [-0.4, -0.2) is 17.2 Å². The molecule has 0 fully saturated rings. The third kappa shape index (κ3) is 3.20. The van der Waals surface area contributed by atoms with E-state index in [2.05, 4.69) is 10.5 Å². The van der Waals surface area contributed by atoms with Crippen LogP contribution in [0.1, 0.15) is 21.5 Å². The number of phenolic OH excluding ortho intramolecular Hbond substituents is 1. The second-order valence-electron chi connectivity index (χ2n) is 4.22. The monoisotopic (exact) mass is 272 g/mol. The fourth-order valence-electron chi connectivity index (χ4n) is 1.61. The number of benzene rings is 2. The van der Waals surface area contributed by atoms with Crippen molar-refractivity contribution in [3.63, 3.8) is 0 Å². The number of hydrazone groups is 1. The normalized spacial score (nSPS) is 10.7. The third-order valence-electron chi connectivity index (χ3n) is 2.75. The molecule has 102 valence electrons. The molecule has 5 heteroatoms. The van der Waals surface area contributed by atoms with Gasteiger partial charge in [-0.15, -0.1) is 0 Å². The largest absolute Gasteiger partial charge is 0.507 e. The molecule has 2 rings (SSSR count). The van der Waals surface area contributed by atoms with Gasteiger partial charge in [-0.3, -0.25) is 4.79 Å². The summed E-state index contributed by atoms with van der Waals surface area (Å²) < 4.78 is 12.7. The lowest BCUT2D eigenvalue weighted by Gasteiger charge is -2.02. The first kappa shape index (κ1) is 13.7. The van der Waals surface area contributed by atoms with Gasteiger partial charge in [-0.25, -0.2) is 9.82 Å². The molecular weight excluding hydrogens is 259 g/mol. The highest BCUT2D eigenvalue weighted by molar-refractivity contribution is 5.95. The summed E-state index contributed by atoms with van der Waals surface area (Å²) in [5.41, 5.74) is 3.84. The van der Waals surface area contributed by atoms with Crippen molar-refractivity contribution in [3.05, 3.63) is 65.0 Å². The fraction of sp³-hybridized carbons (Fsp3) is 0.0667. The number of nitrogens with one attached hydrogen (secondary N) is 1. The van der Waals surface area contributed by atoms with Crippen LogP contribution in [0, 0.1) is 12.7 Å². The van der Waals surface area contributed by atoms with Crippen molar-refractivity contribution in [2.45, 2.75) is 6.92 Å². The first-order chi connectivity index (χ1) is 9.58. The summed E-state index contributed by atoms with van der Waals surface area (Å²) in [5.74, 6) is -0.740. The number of aromatic hydroxyl groups is 1. The smallest absolute Gasteiger partial charge is 0.271 e. The van der Waals surface area contributed by atoms with E-state index in [1.54, 1.807) is 25.1 Å². The first-order valence-electron chi connectivity index (χ1n) is 5.95. The molecule has 0 bridgehead atoms. The van der Waals surface area contributed by atoms with E-state index < -0.39 is 11.7 Å². The number of halogens is 1. The van der Waals surface area contributed by atoms with Crippen LogP contribution in [0.3, 0.4) is 0 Å². The molecule has 0 heterocycles. The van der Waals surface area contributed by atoms with Gasteiger partial charge in [-0.05, 0) is 42.8 Å². The predicted octanol–water partition coefficient (Wildman–Crippen LogP) is 2.60. The molecule has 0 aliphatic rings. The Morgan fingerprint density at radius 1 is 1.25 bits per heavy atom. The lowest BCUT2D eigenvalue weighted by atomic mass is 10.1. The van der Waals surface area contributed by atoms with Gasteiger partial charge in [0.2, 0.25) is 0 Å². The lowest BCUT2D eigenvalue weighted by molar-refractivity contribution is 0.0955. The van der Waals surface area contributed by atoms with Gasteiger partial charge in [0.25, 0.3) is 5.91 Å². The van der Waals surface area contributed by atoms with Crippen LogP contribution >= 0.6 is 0 Å². The minimum atomic E-state index is -0.451. The van der Waals surface area contributed by atoms with Crippen LogP contribution in [0.15, 0.2) is 47.6 Å². The number of nitrogens with zero attached hydrogens (tertiary/aromatic N) is 1. The Morgan fingerprint density at radius 2 is 1.95 bits per heavy atom. The highest BCUT2D eigenvalue weighted by Crippen LogP contribution is 2.19.